The molecule has 2 aromatic heterocycles. The van der Waals surface area contributed by atoms with Gasteiger partial charge in [0, 0.05) is 0 Å². The molecule has 4 aromatic rings. The number of carbonyl (C=O) groups excluding carboxylic acids is 1. The van der Waals surface area contributed by atoms with Gasteiger partial charge >= 0.3 is 0 Å². The van der Waals surface area contributed by atoms with E-state index in [-0.39, 0.29) is 17.6 Å². The number of aromatic amines is 1. The molecule has 2 aromatic carbocycles. The van der Waals surface area contributed by atoms with Gasteiger partial charge in [-0.1, -0.05) is 41.9 Å². The molecule has 4 rings (SSSR count). The maximum Gasteiger partial charge on any atom is 0.256 e. The zero-order valence-electron chi connectivity index (χ0n) is 14.0. The van der Waals surface area contributed by atoms with Crippen molar-refractivity contribution in [1.29, 1.82) is 0 Å². The fourth-order valence-electron chi connectivity index (χ4n) is 2.84. The standard InChI is InChI=1S/C19H16ClN5O/c1-12-17(18(20)25(24-12)13-7-3-2-4-8-13)19(26)21-11-16-22-14-9-5-6-10-15(14)23-16/h2-10H,11H2,1H3,(H,21,26)(H,22,23). The second-order valence-electron chi connectivity index (χ2n) is 5.88. The van der Waals surface area contributed by atoms with E-state index < -0.39 is 0 Å². The Morgan fingerprint density at radius 3 is 2.65 bits per heavy atom. The van der Waals surface area contributed by atoms with Gasteiger partial charge in [-0.15, -0.1) is 0 Å². The number of hydrogen-bond donors (Lipinski definition) is 2. The number of nitrogens with zero attached hydrogens (tertiary/aromatic N) is 3. The van der Waals surface area contributed by atoms with Gasteiger partial charge < -0.3 is 10.3 Å². The molecule has 0 unspecified atom stereocenters. The molecule has 0 aliphatic heterocycles. The normalized spacial score (nSPS) is 11.0. The number of hydrogen-bond acceptors (Lipinski definition) is 3. The van der Waals surface area contributed by atoms with Gasteiger partial charge in [-0.2, -0.15) is 5.10 Å². The van der Waals surface area contributed by atoms with Gasteiger partial charge in [-0.25, -0.2) is 9.67 Å². The molecule has 0 aliphatic carbocycles. The lowest BCUT2D eigenvalue weighted by Crippen LogP contribution is -2.24. The molecule has 0 saturated heterocycles. The second kappa shape index (κ2) is 6.65. The quantitative estimate of drug-likeness (QED) is 0.579. The zero-order chi connectivity index (χ0) is 18.1. The van der Waals surface area contributed by atoms with E-state index in [1.54, 1.807) is 11.6 Å². The number of carbonyl (C=O) groups is 1. The maximum atomic E-state index is 12.6. The van der Waals surface area contributed by atoms with Gasteiger partial charge in [0.05, 0.1) is 34.5 Å². The fourth-order valence-corrected chi connectivity index (χ4v) is 3.20. The molecule has 0 bridgehead atoms. The Kier molecular flexibility index (Phi) is 4.18. The van der Waals surface area contributed by atoms with Gasteiger partial charge in [-0.3, -0.25) is 4.79 Å². The van der Waals surface area contributed by atoms with E-state index in [4.69, 9.17) is 11.6 Å². The van der Waals surface area contributed by atoms with Crippen molar-refractivity contribution in [3.05, 3.63) is 76.8 Å². The Hall–Kier alpha value is -3.12. The highest BCUT2D eigenvalue weighted by atomic mass is 35.5. The molecule has 2 heterocycles. The first kappa shape index (κ1) is 16.4. The average molecular weight is 366 g/mol. The molecule has 0 aliphatic rings. The predicted octanol–water partition coefficient (Wildman–Crippen LogP) is 3.64. The lowest BCUT2D eigenvalue weighted by molar-refractivity contribution is 0.0949. The molecule has 130 valence electrons. The minimum absolute atomic E-state index is 0.278. The molecular formula is C19H16ClN5O. The van der Waals surface area contributed by atoms with Crippen LogP contribution in [0.5, 0.6) is 0 Å². The summed E-state index contributed by atoms with van der Waals surface area (Å²) in [7, 11) is 0. The van der Waals surface area contributed by atoms with Crippen LogP contribution in [-0.2, 0) is 6.54 Å². The van der Waals surface area contributed by atoms with E-state index in [0.29, 0.717) is 17.1 Å². The topological polar surface area (TPSA) is 75.6 Å². The van der Waals surface area contributed by atoms with Crippen LogP contribution >= 0.6 is 11.6 Å². The molecule has 0 fully saturated rings. The van der Waals surface area contributed by atoms with Crippen LogP contribution in [0.25, 0.3) is 16.7 Å². The highest BCUT2D eigenvalue weighted by Crippen LogP contribution is 2.23. The SMILES string of the molecule is Cc1nn(-c2ccccc2)c(Cl)c1C(=O)NCc1nc2ccccc2[nH]1. The third-order valence-corrected chi connectivity index (χ3v) is 4.44. The van der Waals surface area contributed by atoms with Crippen molar-refractivity contribution in [2.45, 2.75) is 13.5 Å². The van der Waals surface area contributed by atoms with E-state index >= 15 is 0 Å². The second-order valence-corrected chi connectivity index (χ2v) is 6.24. The largest absolute Gasteiger partial charge is 0.345 e. The van der Waals surface area contributed by atoms with Crippen molar-refractivity contribution in [3.63, 3.8) is 0 Å². The molecule has 0 radical (unpaired) electrons. The van der Waals surface area contributed by atoms with E-state index in [2.05, 4.69) is 20.4 Å². The fraction of sp³-hybridized carbons (Fsp3) is 0.105. The van der Waals surface area contributed by atoms with Crippen LogP contribution in [0.4, 0.5) is 0 Å². The van der Waals surface area contributed by atoms with Crippen molar-refractivity contribution in [3.8, 4) is 5.69 Å². The van der Waals surface area contributed by atoms with E-state index in [0.717, 1.165) is 16.7 Å². The number of aryl methyl sites for hydroxylation is 1. The molecule has 26 heavy (non-hydrogen) atoms. The van der Waals surface area contributed by atoms with Gasteiger partial charge in [0.2, 0.25) is 0 Å². The Morgan fingerprint density at radius 1 is 1.15 bits per heavy atom. The number of para-hydroxylation sites is 3. The van der Waals surface area contributed by atoms with E-state index in [9.17, 15) is 4.79 Å². The number of benzene rings is 2. The minimum atomic E-state index is -0.282. The molecule has 0 saturated carbocycles. The number of halogens is 1. The first-order chi connectivity index (χ1) is 12.6. The Balaban J connectivity index is 1.55. The van der Waals surface area contributed by atoms with Crippen molar-refractivity contribution in [2.24, 2.45) is 0 Å². The summed E-state index contributed by atoms with van der Waals surface area (Å²) in [6.45, 7) is 2.04. The monoisotopic (exact) mass is 365 g/mol. The van der Waals surface area contributed by atoms with Crippen LogP contribution in [0, 0.1) is 6.92 Å². The summed E-state index contributed by atoms with van der Waals surface area (Å²) >= 11 is 6.42. The molecule has 6 nitrogen and oxygen atoms in total. The van der Waals surface area contributed by atoms with Crippen LogP contribution in [0.15, 0.2) is 54.6 Å². The van der Waals surface area contributed by atoms with Crippen LogP contribution in [0.3, 0.4) is 0 Å². The van der Waals surface area contributed by atoms with Crippen LogP contribution in [-0.4, -0.2) is 25.7 Å². The summed E-state index contributed by atoms with van der Waals surface area (Å²) in [4.78, 5) is 20.3. The van der Waals surface area contributed by atoms with Crippen LogP contribution in [0.1, 0.15) is 21.9 Å². The number of H-pyrrole nitrogens is 1. The minimum Gasteiger partial charge on any atom is -0.345 e. The summed E-state index contributed by atoms with van der Waals surface area (Å²) in [5.41, 5.74) is 3.54. The number of nitrogens with one attached hydrogen (secondary N) is 2. The first-order valence-corrected chi connectivity index (χ1v) is 8.53. The molecule has 1 amide bonds. The average Bonchev–Trinajstić information content (AvgIpc) is 3.20. The smallest absolute Gasteiger partial charge is 0.256 e. The number of aromatic nitrogens is 4. The van der Waals surface area contributed by atoms with Gasteiger partial charge in [0.15, 0.2) is 0 Å². The molecule has 0 spiro atoms. The number of imidazole rings is 1. The lowest BCUT2D eigenvalue weighted by Gasteiger charge is -2.04. The van der Waals surface area contributed by atoms with E-state index in [1.807, 2.05) is 54.6 Å². The maximum absolute atomic E-state index is 12.6. The summed E-state index contributed by atoms with van der Waals surface area (Å²) in [6.07, 6.45) is 0. The Bertz CT molecular complexity index is 1050. The number of amides is 1. The molecule has 2 N–H and O–H groups in total. The zero-order valence-corrected chi connectivity index (χ0v) is 14.8. The highest BCUT2D eigenvalue weighted by Gasteiger charge is 2.21. The van der Waals surface area contributed by atoms with Gasteiger partial charge in [-0.05, 0) is 31.2 Å². The molecule has 7 heteroatoms. The van der Waals surface area contributed by atoms with E-state index in [1.165, 1.54) is 0 Å². The van der Waals surface area contributed by atoms with Gasteiger partial charge in [0.1, 0.15) is 11.0 Å². The Morgan fingerprint density at radius 2 is 1.88 bits per heavy atom. The third-order valence-electron chi connectivity index (χ3n) is 4.09. The van der Waals surface area contributed by atoms with Crippen molar-refractivity contribution >= 4 is 28.5 Å². The summed E-state index contributed by atoms with van der Waals surface area (Å²) in [6, 6.07) is 17.2. The summed E-state index contributed by atoms with van der Waals surface area (Å²) in [5, 5.41) is 7.53. The highest BCUT2D eigenvalue weighted by molar-refractivity contribution is 6.33. The van der Waals surface area contributed by atoms with Crippen molar-refractivity contribution < 1.29 is 4.79 Å². The summed E-state index contributed by atoms with van der Waals surface area (Å²) in [5.74, 6) is 0.402. The van der Waals surface area contributed by atoms with Crippen LogP contribution < -0.4 is 5.32 Å². The third kappa shape index (κ3) is 2.95. The Labute approximate surface area is 154 Å². The number of rotatable bonds is 4. The van der Waals surface area contributed by atoms with Gasteiger partial charge in [0.25, 0.3) is 5.91 Å². The molecule has 0 atom stereocenters. The predicted molar refractivity (Wildman–Crippen MR) is 101 cm³/mol. The summed E-state index contributed by atoms with van der Waals surface area (Å²) < 4.78 is 1.56. The molecular weight excluding hydrogens is 350 g/mol. The van der Waals surface area contributed by atoms with Crippen molar-refractivity contribution in [1.82, 2.24) is 25.1 Å². The lowest BCUT2D eigenvalue weighted by atomic mass is 10.2. The van der Waals surface area contributed by atoms with Crippen molar-refractivity contribution in [2.75, 3.05) is 0 Å². The van der Waals surface area contributed by atoms with Crippen LogP contribution in [0.2, 0.25) is 5.15 Å². The first-order valence-electron chi connectivity index (χ1n) is 8.16. The number of fused-ring (bicyclic) bond motifs is 1.